The van der Waals surface area contributed by atoms with E-state index in [1.165, 1.54) is 33.9 Å². The number of hydrogen-bond acceptors (Lipinski definition) is 2. The van der Waals surface area contributed by atoms with Crippen LogP contribution in [0.1, 0.15) is 106 Å². The number of hydrogen-bond donors (Lipinski definition) is 0. The summed E-state index contributed by atoms with van der Waals surface area (Å²) < 4.78 is 6.73. The van der Waals surface area contributed by atoms with Crippen LogP contribution in [-0.2, 0) is 36.4 Å². The zero-order chi connectivity index (χ0) is 35.5. The summed E-state index contributed by atoms with van der Waals surface area (Å²) in [6, 6.07) is 26.1. The summed E-state index contributed by atoms with van der Waals surface area (Å²) in [6.07, 6.45) is 5.92. The second-order valence-electron chi connectivity index (χ2n) is 16.5. The van der Waals surface area contributed by atoms with Crippen LogP contribution in [0.4, 0.5) is 0 Å². The molecule has 6 aromatic rings. The van der Waals surface area contributed by atoms with Gasteiger partial charge in [-0.05, 0) is 63.6 Å². The van der Waals surface area contributed by atoms with Gasteiger partial charge in [0.2, 0.25) is 0 Å². The van der Waals surface area contributed by atoms with Crippen LogP contribution in [0.3, 0.4) is 0 Å². The second kappa shape index (κ2) is 13.7. The molecule has 2 aromatic heterocycles. The van der Waals surface area contributed by atoms with Crippen LogP contribution in [-0.4, -0.2) is 16.7 Å². The van der Waals surface area contributed by atoms with E-state index in [0.29, 0.717) is 11.8 Å². The molecule has 0 fully saturated rings. The first-order valence-electron chi connectivity index (χ1n) is 17.6. The van der Waals surface area contributed by atoms with Crippen molar-refractivity contribution in [1.29, 1.82) is 0 Å². The maximum Gasteiger partial charge on any atom is 3.00 e. The Morgan fingerprint density at radius 3 is 2.28 bits per heavy atom. The Kier molecular flexibility index (Phi) is 10.3. The van der Waals surface area contributed by atoms with Gasteiger partial charge in [0.15, 0.2) is 0 Å². The van der Waals surface area contributed by atoms with E-state index in [1.807, 2.05) is 27.0 Å². The largest absolute Gasteiger partial charge is 3.00 e. The van der Waals surface area contributed by atoms with Gasteiger partial charge in [-0.25, -0.2) is 0 Å². The molecule has 2 heterocycles. The van der Waals surface area contributed by atoms with E-state index in [9.17, 15) is 0 Å². The first kappa shape index (κ1) is 37.5. The predicted octanol–water partition coefficient (Wildman–Crippen LogP) is 13.1. The molecule has 7 rings (SSSR count). The fraction of sp³-hybridized carbons (Fsp3) is 0.378. The van der Waals surface area contributed by atoms with Crippen LogP contribution in [0.15, 0.2) is 83.1 Å². The molecule has 0 bridgehead atoms. The van der Waals surface area contributed by atoms with Crippen LogP contribution in [0, 0.1) is 6.07 Å². The van der Waals surface area contributed by atoms with Crippen molar-refractivity contribution < 1.29 is 24.5 Å². The van der Waals surface area contributed by atoms with Gasteiger partial charge in [0, 0.05) is 28.2 Å². The maximum atomic E-state index is 8.82. The van der Waals surface area contributed by atoms with Gasteiger partial charge in [0.05, 0.1) is 0 Å². The minimum Gasteiger partial charge on any atom is -0.808 e. The number of pyridine rings is 1. The molecule has 0 N–H and O–H groups in total. The van der Waals surface area contributed by atoms with Crippen LogP contribution >= 0.6 is 0 Å². The van der Waals surface area contributed by atoms with E-state index in [2.05, 4.69) is 121 Å². The fourth-order valence-corrected chi connectivity index (χ4v) is 7.57. The number of aromatic nitrogens is 1. The smallest absolute Gasteiger partial charge is 0.808 e. The Morgan fingerprint density at radius 1 is 0.900 bits per heavy atom. The number of allylic oxidation sites excluding steroid dienone is 2. The molecule has 0 unspecified atom stereocenters. The van der Waals surface area contributed by atoms with Gasteiger partial charge in [-0.3, -0.25) is 4.98 Å². The van der Waals surface area contributed by atoms with E-state index in [4.69, 9.17) is 14.8 Å². The molecule has 4 aromatic carbocycles. The number of nitrogens with zero attached hydrogens (tertiary/aromatic N) is 3. The number of rotatable bonds is 4. The average Bonchev–Trinajstić information content (AvgIpc) is 3.37. The van der Waals surface area contributed by atoms with Gasteiger partial charge in [-0.1, -0.05) is 117 Å². The zero-order valence-corrected chi connectivity index (χ0v) is 33.9. The maximum absolute atomic E-state index is 8.82. The summed E-state index contributed by atoms with van der Waals surface area (Å²) in [5.41, 5.74) is 9.54. The molecular formula is C45H50IrN3O. The van der Waals surface area contributed by atoms with E-state index in [1.54, 1.807) is 13.0 Å². The molecule has 4 nitrogen and oxygen atoms in total. The first-order valence-corrected chi connectivity index (χ1v) is 17.6. The quantitative estimate of drug-likeness (QED) is 0.131. The molecule has 0 amide bonds. The Morgan fingerprint density at radius 2 is 1.60 bits per heavy atom. The fourth-order valence-electron chi connectivity index (χ4n) is 7.57. The third kappa shape index (κ3) is 7.18. The van der Waals surface area contributed by atoms with Crippen molar-refractivity contribution in [2.45, 2.75) is 111 Å². The molecule has 1 aliphatic rings. The van der Waals surface area contributed by atoms with Gasteiger partial charge < -0.3 is 15.1 Å². The van der Waals surface area contributed by atoms with E-state index >= 15 is 0 Å². The molecule has 260 valence electrons. The SMILES string of the molecule is CC(=[N-])/C=C(/C)[N-]C(C)C.CC(C)(C)c1cc(-c2nccc3cc4oc5c6c(ccc5c4cc23)C(C)(C)CCC6(C)C)[c-]c2ccccc12.[Ir+3]. The minimum absolute atomic E-state index is 0. The first-order chi connectivity index (χ1) is 23.0. The Balaban J connectivity index is 0.000000388. The monoisotopic (exact) mass is 841 g/mol. The predicted molar refractivity (Wildman–Crippen MR) is 211 cm³/mol. The van der Waals surface area contributed by atoms with Crippen molar-refractivity contribution in [2.75, 3.05) is 0 Å². The van der Waals surface area contributed by atoms with Gasteiger partial charge in [0.1, 0.15) is 11.2 Å². The van der Waals surface area contributed by atoms with Crippen molar-refractivity contribution >= 4 is 49.2 Å². The van der Waals surface area contributed by atoms with Crippen molar-refractivity contribution in [3.63, 3.8) is 0 Å². The molecular weight excluding hydrogens is 791 g/mol. The summed E-state index contributed by atoms with van der Waals surface area (Å²) in [5, 5.41) is 20.0. The zero-order valence-electron chi connectivity index (χ0n) is 31.5. The summed E-state index contributed by atoms with van der Waals surface area (Å²) in [4.78, 5) is 4.93. The standard InChI is InChI=1S/C37H36NO.C8H14N2.Ir/c1-35(2,3)30-19-24(18-22-10-8-9-11-25(22)30)33-27-21-28-26-12-13-29-32(37(6,7)16-15-36(29,4)5)34(26)39-31(28)20-23(27)14-17-38-33;1-6(2)10-8(4)5-7(3)9;/h8-14,17,19-21H,15-16H2,1-7H3;5-6H,1-4H3;/q-1;-2;+3/b;8-5-;. The van der Waals surface area contributed by atoms with Gasteiger partial charge in [-0.2, -0.15) is 11.4 Å². The van der Waals surface area contributed by atoms with Crippen LogP contribution in [0.25, 0.3) is 65.5 Å². The Hall–Kier alpha value is -3.79. The topological polar surface area (TPSA) is 62.4 Å². The second-order valence-corrected chi connectivity index (χ2v) is 16.5. The molecule has 0 spiro atoms. The van der Waals surface area contributed by atoms with Crippen LogP contribution in [0.5, 0.6) is 0 Å². The summed E-state index contributed by atoms with van der Waals surface area (Å²) in [7, 11) is 0. The van der Waals surface area contributed by atoms with Gasteiger partial charge in [-0.15, -0.1) is 41.3 Å². The molecule has 0 radical (unpaired) electrons. The van der Waals surface area contributed by atoms with Crippen molar-refractivity contribution in [2.24, 2.45) is 0 Å². The number of fused-ring (bicyclic) bond motifs is 7. The Bertz CT molecular complexity index is 2260. The molecule has 5 heteroatoms. The average molecular weight is 841 g/mol. The van der Waals surface area contributed by atoms with Crippen molar-refractivity contribution in [3.05, 3.63) is 112 Å². The van der Waals surface area contributed by atoms with Gasteiger partial charge in [0.25, 0.3) is 0 Å². The molecule has 50 heavy (non-hydrogen) atoms. The van der Waals surface area contributed by atoms with Crippen molar-refractivity contribution in [3.8, 4) is 11.3 Å². The summed E-state index contributed by atoms with van der Waals surface area (Å²) in [5.74, 6) is 0. The van der Waals surface area contributed by atoms with Crippen molar-refractivity contribution in [1.82, 2.24) is 4.98 Å². The van der Waals surface area contributed by atoms with E-state index in [-0.39, 0.29) is 36.4 Å². The van der Waals surface area contributed by atoms with E-state index in [0.717, 1.165) is 56.1 Å². The molecule has 0 aliphatic heterocycles. The normalized spacial score (nSPS) is 15.5. The minimum atomic E-state index is 0. The summed E-state index contributed by atoms with van der Waals surface area (Å²) in [6.45, 7) is 23.8. The molecule has 1 aliphatic carbocycles. The van der Waals surface area contributed by atoms with Crippen LogP contribution < -0.4 is 0 Å². The summed E-state index contributed by atoms with van der Waals surface area (Å²) >= 11 is 0. The van der Waals surface area contributed by atoms with E-state index < -0.39 is 0 Å². The molecule has 0 saturated heterocycles. The van der Waals surface area contributed by atoms with Gasteiger partial charge >= 0.3 is 20.1 Å². The third-order valence-electron chi connectivity index (χ3n) is 10.0. The third-order valence-corrected chi connectivity index (χ3v) is 10.0. The molecule has 0 atom stereocenters. The molecule has 0 saturated carbocycles. The van der Waals surface area contributed by atoms with Crippen LogP contribution in [0.2, 0.25) is 0 Å². The number of furan rings is 1. The Labute approximate surface area is 312 Å². The number of benzene rings is 4.